The predicted octanol–water partition coefficient (Wildman–Crippen LogP) is 6.28. The molecule has 3 aromatic rings. The highest BCUT2D eigenvalue weighted by Gasteiger charge is 2.32. The third-order valence-corrected chi connectivity index (χ3v) is 6.70. The Bertz CT molecular complexity index is 1280. The van der Waals surface area contributed by atoms with Gasteiger partial charge in [0.05, 0.1) is 17.0 Å². The SMILES string of the molecule is Cc1ccc(SCC2=NN(c3ccccc3)C(=O)/C2=C/C2=Cc3ccccc3O[C@@H]2C)cc1. The lowest BCUT2D eigenvalue weighted by atomic mass is 9.99. The van der Waals surface area contributed by atoms with Gasteiger partial charge in [-0.15, -0.1) is 11.8 Å². The normalized spacial score (nSPS) is 18.6. The second kappa shape index (κ2) is 9.12. The van der Waals surface area contributed by atoms with E-state index in [1.54, 1.807) is 11.8 Å². The molecule has 2 aliphatic rings. The summed E-state index contributed by atoms with van der Waals surface area (Å²) >= 11 is 1.68. The summed E-state index contributed by atoms with van der Waals surface area (Å²) in [6, 6.07) is 25.9. The Morgan fingerprint density at radius 2 is 1.73 bits per heavy atom. The molecule has 0 bridgehead atoms. The predicted molar refractivity (Wildman–Crippen MR) is 136 cm³/mol. The van der Waals surface area contributed by atoms with Gasteiger partial charge in [0.2, 0.25) is 0 Å². The smallest absolute Gasteiger partial charge is 0.280 e. The van der Waals surface area contributed by atoms with Gasteiger partial charge in [0.25, 0.3) is 5.91 Å². The lowest BCUT2D eigenvalue weighted by molar-refractivity contribution is -0.114. The summed E-state index contributed by atoms with van der Waals surface area (Å²) in [5.74, 6) is 1.34. The first-order valence-corrected chi connectivity index (χ1v) is 11.9. The maximum absolute atomic E-state index is 13.5. The second-order valence-electron chi connectivity index (χ2n) is 8.10. The van der Waals surface area contributed by atoms with E-state index in [4.69, 9.17) is 9.84 Å². The van der Waals surface area contributed by atoms with Crippen molar-refractivity contribution in [2.24, 2.45) is 5.10 Å². The Kier molecular flexibility index (Phi) is 5.88. The third kappa shape index (κ3) is 4.50. The molecule has 0 fully saturated rings. The fraction of sp³-hybridized carbons (Fsp3) is 0.143. The fourth-order valence-electron chi connectivity index (χ4n) is 3.83. The van der Waals surface area contributed by atoms with Crippen molar-refractivity contribution in [1.82, 2.24) is 0 Å². The van der Waals surface area contributed by atoms with Crippen molar-refractivity contribution in [2.75, 3.05) is 10.8 Å². The van der Waals surface area contributed by atoms with E-state index in [1.165, 1.54) is 10.6 Å². The molecule has 0 N–H and O–H groups in total. The van der Waals surface area contributed by atoms with Gasteiger partial charge < -0.3 is 4.74 Å². The zero-order chi connectivity index (χ0) is 22.8. The van der Waals surface area contributed by atoms with Gasteiger partial charge >= 0.3 is 0 Å². The van der Waals surface area contributed by atoms with E-state index in [1.807, 2.05) is 67.6 Å². The van der Waals surface area contributed by atoms with Gasteiger partial charge in [-0.3, -0.25) is 4.79 Å². The number of nitrogens with zero attached hydrogens (tertiary/aromatic N) is 2. The maximum Gasteiger partial charge on any atom is 0.280 e. The fourth-order valence-corrected chi connectivity index (χ4v) is 4.67. The van der Waals surface area contributed by atoms with Crippen molar-refractivity contribution >= 4 is 35.1 Å². The highest BCUT2D eigenvalue weighted by molar-refractivity contribution is 8.00. The van der Waals surface area contributed by atoms with Crippen molar-refractivity contribution in [3.63, 3.8) is 0 Å². The maximum atomic E-state index is 13.5. The molecular formula is C28H24N2O2S. The summed E-state index contributed by atoms with van der Waals surface area (Å²) in [6.45, 7) is 4.08. The number of aryl methyl sites for hydroxylation is 1. The minimum Gasteiger partial charge on any atom is -0.485 e. The molecule has 0 saturated carbocycles. The van der Waals surface area contributed by atoms with Crippen LogP contribution in [-0.4, -0.2) is 23.5 Å². The first kappa shape index (κ1) is 21.3. The molecule has 0 spiro atoms. The Morgan fingerprint density at radius 1 is 1.00 bits per heavy atom. The summed E-state index contributed by atoms with van der Waals surface area (Å²) in [7, 11) is 0. The van der Waals surface area contributed by atoms with E-state index in [0.717, 1.165) is 33.2 Å². The van der Waals surface area contributed by atoms with Crippen LogP contribution in [0.1, 0.15) is 18.1 Å². The van der Waals surface area contributed by atoms with Crippen LogP contribution in [-0.2, 0) is 4.79 Å². The second-order valence-corrected chi connectivity index (χ2v) is 9.15. The molecule has 3 aromatic carbocycles. The number of anilines is 1. The number of rotatable bonds is 5. The number of benzene rings is 3. The molecule has 4 nitrogen and oxygen atoms in total. The highest BCUT2D eigenvalue weighted by Crippen LogP contribution is 2.33. The largest absolute Gasteiger partial charge is 0.485 e. The number of thioether (sulfide) groups is 1. The van der Waals surface area contributed by atoms with E-state index < -0.39 is 0 Å². The number of hydrogen-bond acceptors (Lipinski definition) is 4. The Morgan fingerprint density at radius 3 is 2.52 bits per heavy atom. The molecule has 5 rings (SSSR count). The van der Waals surface area contributed by atoms with Crippen molar-refractivity contribution in [1.29, 1.82) is 0 Å². The van der Waals surface area contributed by atoms with Crippen molar-refractivity contribution < 1.29 is 9.53 Å². The quantitative estimate of drug-likeness (QED) is 0.338. The van der Waals surface area contributed by atoms with E-state index in [9.17, 15) is 4.79 Å². The van der Waals surface area contributed by atoms with Crippen LogP contribution in [0, 0.1) is 6.92 Å². The molecular weight excluding hydrogens is 428 g/mol. The monoisotopic (exact) mass is 452 g/mol. The van der Waals surface area contributed by atoms with E-state index >= 15 is 0 Å². The highest BCUT2D eigenvalue weighted by atomic mass is 32.2. The molecule has 5 heteroatoms. The number of hydrogen-bond donors (Lipinski definition) is 0. The summed E-state index contributed by atoms with van der Waals surface area (Å²) in [5, 5.41) is 6.23. The van der Waals surface area contributed by atoms with Crippen LogP contribution < -0.4 is 9.75 Å². The number of ether oxygens (including phenoxy) is 1. The number of fused-ring (bicyclic) bond motifs is 1. The minimum absolute atomic E-state index is 0.118. The minimum atomic E-state index is -0.156. The molecule has 2 heterocycles. The molecule has 1 amide bonds. The van der Waals surface area contributed by atoms with Crippen molar-refractivity contribution in [3.8, 4) is 5.75 Å². The summed E-state index contributed by atoms with van der Waals surface area (Å²) in [4.78, 5) is 14.6. The molecule has 0 unspecified atom stereocenters. The van der Waals surface area contributed by atoms with Crippen LogP contribution in [0.3, 0.4) is 0 Å². The first-order chi connectivity index (χ1) is 16.1. The van der Waals surface area contributed by atoms with Gasteiger partial charge in [0, 0.05) is 16.2 Å². The van der Waals surface area contributed by atoms with Crippen molar-refractivity contribution in [3.05, 3.63) is 107 Å². The van der Waals surface area contributed by atoms with Crippen LogP contribution in [0.5, 0.6) is 5.75 Å². The standard InChI is InChI=1S/C28H24N2O2S/c1-19-12-14-24(15-13-19)33-18-26-25(28(31)30(29-26)23-9-4-3-5-10-23)17-22-16-21-8-6-7-11-27(21)32-20(22)2/h3-17,20H,18H2,1-2H3/b25-17+/t20-/m1/s1. The Balaban J connectivity index is 1.49. The molecule has 1 atom stereocenters. The Labute approximate surface area is 198 Å². The number of carbonyl (C=O) groups is 1. The summed E-state index contributed by atoms with van der Waals surface area (Å²) < 4.78 is 6.09. The molecule has 0 radical (unpaired) electrons. The topological polar surface area (TPSA) is 41.9 Å². The molecule has 164 valence electrons. The Hall–Kier alpha value is -3.57. The zero-order valence-electron chi connectivity index (χ0n) is 18.6. The molecule has 2 aliphatic heterocycles. The van der Waals surface area contributed by atoms with Gasteiger partial charge in [0.15, 0.2) is 0 Å². The van der Waals surface area contributed by atoms with Crippen LogP contribution in [0.15, 0.2) is 106 Å². The number of amides is 1. The molecule has 0 aromatic heterocycles. The lowest BCUT2D eigenvalue weighted by Crippen LogP contribution is -2.23. The molecule has 0 aliphatic carbocycles. The van der Waals surface area contributed by atoms with Gasteiger partial charge in [-0.25, -0.2) is 0 Å². The first-order valence-electron chi connectivity index (χ1n) is 10.9. The molecule has 33 heavy (non-hydrogen) atoms. The summed E-state index contributed by atoms with van der Waals surface area (Å²) in [6.07, 6.45) is 3.89. The summed E-state index contributed by atoms with van der Waals surface area (Å²) in [5.41, 5.74) is 5.33. The number of hydrazone groups is 1. The average molecular weight is 453 g/mol. The van der Waals surface area contributed by atoms with Gasteiger partial charge in [-0.1, -0.05) is 54.1 Å². The number of carbonyl (C=O) groups excluding carboxylic acids is 1. The van der Waals surface area contributed by atoms with Crippen LogP contribution in [0.2, 0.25) is 0 Å². The van der Waals surface area contributed by atoms with E-state index in [0.29, 0.717) is 11.3 Å². The number of para-hydroxylation sites is 2. The average Bonchev–Trinajstić information content (AvgIpc) is 3.15. The van der Waals surface area contributed by atoms with Gasteiger partial charge in [-0.2, -0.15) is 10.1 Å². The van der Waals surface area contributed by atoms with Gasteiger partial charge in [0.1, 0.15) is 11.9 Å². The van der Waals surface area contributed by atoms with Crippen molar-refractivity contribution in [2.45, 2.75) is 24.8 Å². The van der Waals surface area contributed by atoms with Crippen LogP contribution in [0.25, 0.3) is 6.08 Å². The zero-order valence-corrected chi connectivity index (χ0v) is 19.4. The van der Waals surface area contributed by atoms with E-state index in [2.05, 4.69) is 37.3 Å². The van der Waals surface area contributed by atoms with Crippen LogP contribution in [0.4, 0.5) is 5.69 Å². The lowest BCUT2D eigenvalue weighted by Gasteiger charge is -2.23. The molecule has 0 saturated heterocycles. The third-order valence-electron chi connectivity index (χ3n) is 5.68. The van der Waals surface area contributed by atoms with Crippen LogP contribution >= 0.6 is 11.8 Å². The van der Waals surface area contributed by atoms with Gasteiger partial charge in [-0.05, 0) is 61.9 Å². The van der Waals surface area contributed by atoms with E-state index in [-0.39, 0.29) is 12.0 Å².